The summed E-state index contributed by atoms with van der Waals surface area (Å²) in [6, 6.07) is 2.25. The lowest BCUT2D eigenvalue weighted by atomic mass is 9.71. The molecule has 2 aromatic rings. The first-order valence-corrected chi connectivity index (χ1v) is 17.5. The van der Waals surface area contributed by atoms with Gasteiger partial charge in [-0.15, -0.1) is 0 Å². The maximum Gasteiger partial charge on any atom is 0.433 e. The van der Waals surface area contributed by atoms with Crippen molar-refractivity contribution in [3.63, 3.8) is 0 Å². The number of hydrogen-bond donors (Lipinski definition) is 1. The maximum absolute atomic E-state index is 13.3. The number of nitrogens with zero attached hydrogens (tertiary/aromatic N) is 2. The predicted octanol–water partition coefficient (Wildman–Crippen LogP) is 8.54. The van der Waals surface area contributed by atoms with Gasteiger partial charge in [-0.05, 0) is 65.9 Å². The summed E-state index contributed by atoms with van der Waals surface area (Å²) in [5, 5.41) is 11.9. The van der Waals surface area contributed by atoms with Crippen LogP contribution in [0.15, 0.2) is 24.4 Å². The van der Waals surface area contributed by atoms with E-state index in [4.69, 9.17) is 14.1 Å². The van der Waals surface area contributed by atoms with E-state index >= 15 is 0 Å². The number of alkyl halides is 3. The number of fused-ring (bicyclic) bond motifs is 1. The average molecular weight is 591 g/mol. The Hall–Kier alpha value is -2.07. The minimum Gasteiger partial charge on any atom is -0.410 e. The van der Waals surface area contributed by atoms with Crippen LogP contribution in [-0.4, -0.2) is 36.6 Å². The molecule has 1 aliphatic carbocycles. The molecule has 1 N–H and O–H groups in total. The minimum absolute atomic E-state index is 0.00753. The average Bonchev–Trinajstić information content (AvgIpc) is 2.85. The molecule has 9 heteroatoms. The summed E-state index contributed by atoms with van der Waals surface area (Å²) in [5.41, 5.74) is 4.65. The third kappa shape index (κ3) is 6.63. The van der Waals surface area contributed by atoms with Crippen molar-refractivity contribution in [2.24, 2.45) is 5.41 Å². The molecule has 2 unspecified atom stereocenters. The van der Waals surface area contributed by atoms with Crippen molar-refractivity contribution >= 4 is 13.9 Å². The standard InChI is InChI=1S/C32H45F3N2O3Si/c1-19(2)28-27(29(38)21-10-11-24(36-18-21)32(33,34)35)25(20-12-14-39-15-13-20)26-22(37-28)16-31(6,7)17-23(26)40-41(8,9)30(3,4)5/h10-12,18-19,23,29,38H,13-17H2,1-9H3. The molecule has 0 bridgehead atoms. The van der Waals surface area contributed by atoms with Crippen LogP contribution in [0.5, 0.6) is 0 Å². The topological polar surface area (TPSA) is 64.5 Å². The van der Waals surface area contributed by atoms with E-state index in [1.54, 1.807) is 0 Å². The number of aliphatic hydroxyl groups is 1. The zero-order chi connectivity index (χ0) is 30.5. The van der Waals surface area contributed by atoms with Gasteiger partial charge in [0.1, 0.15) is 11.8 Å². The molecule has 5 nitrogen and oxygen atoms in total. The highest BCUT2D eigenvalue weighted by Gasteiger charge is 2.45. The summed E-state index contributed by atoms with van der Waals surface area (Å²) in [4.78, 5) is 8.88. The molecule has 1 aliphatic heterocycles. The van der Waals surface area contributed by atoms with Crippen LogP contribution in [0.4, 0.5) is 13.2 Å². The third-order valence-electron chi connectivity index (χ3n) is 8.83. The number of ether oxygens (including phenoxy) is 1. The molecule has 2 aromatic heterocycles. The molecule has 2 aliphatic rings. The van der Waals surface area contributed by atoms with Crippen LogP contribution >= 0.6 is 0 Å². The molecule has 3 heterocycles. The number of halogens is 3. The van der Waals surface area contributed by atoms with E-state index in [9.17, 15) is 18.3 Å². The lowest BCUT2D eigenvalue weighted by Crippen LogP contribution is -2.44. The molecular formula is C32H45F3N2O3Si. The number of rotatable bonds is 6. The monoisotopic (exact) mass is 590 g/mol. The molecule has 41 heavy (non-hydrogen) atoms. The van der Waals surface area contributed by atoms with Crippen molar-refractivity contribution in [3.8, 4) is 0 Å². The van der Waals surface area contributed by atoms with Crippen LogP contribution in [0, 0.1) is 5.41 Å². The molecule has 0 fully saturated rings. The van der Waals surface area contributed by atoms with Gasteiger partial charge in [-0.1, -0.05) is 60.6 Å². The minimum atomic E-state index is -4.56. The van der Waals surface area contributed by atoms with E-state index in [1.165, 1.54) is 6.07 Å². The van der Waals surface area contributed by atoms with Crippen molar-refractivity contribution in [1.29, 1.82) is 0 Å². The summed E-state index contributed by atoms with van der Waals surface area (Å²) >= 11 is 0. The van der Waals surface area contributed by atoms with E-state index in [0.717, 1.165) is 53.2 Å². The smallest absolute Gasteiger partial charge is 0.410 e. The Kier molecular flexibility index (Phi) is 8.71. The van der Waals surface area contributed by atoms with Crippen LogP contribution in [0.1, 0.15) is 119 Å². The fraction of sp³-hybridized carbons (Fsp3) is 0.625. The van der Waals surface area contributed by atoms with Gasteiger partial charge in [0.15, 0.2) is 8.32 Å². The first kappa shape index (κ1) is 31.9. The third-order valence-corrected chi connectivity index (χ3v) is 13.3. The van der Waals surface area contributed by atoms with Crippen molar-refractivity contribution in [2.45, 2.75) is 110 Å². The molecule has 2 atom stereocenters. The molecule has 0 spiro atoms. The van der Waals surface area contributed by atoms with Gasteiger partial charge in [0, 0.05) is 34.3 Å². The molecule has 0 radical (unpaired) electrons. The zero-order valence-corrected chi connectivity index (χ0v) is 26.9. The van der Waals surface area contributed by atoms with E-state index in [-0.39, 0.29) is 22.5 Å². The molecule has 0 saturated heterocycles. The Labute approximate surface area is 243 Å². The summed E-state index contributed by atoms with van der Waals surface area (Å²) in [6.45, 7) is 20.8. The van der Waals surface area contributed by atoms with Crippen molar-refractivity contribution < 1.29 is 27.4 Å². The largest absolute Gasteiger partial charge is 0.433 e. The van der Waals surface area contributed by atoms with Crippen molar-refractivity contribution in [3.05, 3.63) is 63.7 Å². The van der Waals surface area contributed by atoms with Gasteiger partial charge in [0.2, 0.25) is 0 Å². The molecule has 0 saturated carbocycles. The van der Waals surface area contributed by atoms with Gasteiger partial charge in [-0.25, -0.2) is 0 Å². The number of aromatic nitrogens is 2. The Morgan fingerprint density at radius 1 is 1.15 bits per heavy atom. The van der Waals surface area contributed by atoms with Gasteiger partial charge < -0.3 is 14.3 Å². The Balaban J connectivity index is 2.01. The van der Waals surface area contributed by atoms with E-state index < -0.39 is 26.3 Å². The summed E-state index contributed by atoms with van der Waals surface area (Å²) in [5.74, 6) is -0.0312. The number of pyridine rings is 2. The van der Waals surface area contributed by atoms with Crippen LogP contribution in [-0.2, 0) is 21.8 Å². The lowest BCUT2D eigenvalue weighted by molar-refractivity contribution is -0.141. The SMILES string of the molecule is CC(C)c1nc2c(c(C3=CCOCC3)c1C(O)c1ccc(C(F)(F)F)nc1)C(O[Si](C)(C)C(C)(C)C)CC(C)(C)C2. The molecule has 226 valence electrons. The van der Waals surface area contributed by atoms with E-state index in [0.29, 0.717) is 30.8 Å². The van der Waals surface area contributed by atoms with Gasteiger partial charge in [0.25, 0.3) is 0 Å². The molecule has 0 aromatic carbocycles. The highest BCUT2D eigenvalue weighted by atomic mass is 28.4. The normalized spacial score (nSPS) is 20.5. The van der Waals surface area contributed by atoms with Crippen LogP contribution in [0.25, 0.3) is 5.57 Å². The number of hydrogen-bond acceptors (Lipinski definition) is 5. The van der Waals surface area contributed by atoms with Gasteiger partial charge in [0.05, 0.1) is 19.3 Å². The Morgan fingerprint density at radius 2 is 1.83 bits per heavy atom. The maximum atomic E-state index is 13.3. The lowest BCUT2D eigenvalue weighted by Gasteiger charge is -2.45. The molecule has 4 rings (SSSR count). The summed E-state index contributed by atoms with van der Waals surface area (Å²) < 4.78 is 52.6. The highest BCUT2D eigenvalue weighted by Crippen LogP contribution is 2.51. The first-order valence-electron chi connectivity index (χ1n) is 14.5. The van der Waals surface area contributed by atoms with Gasteiger partial charge in [-0.3, -0.25) is 9.97 Å². The fourth-order valence-corrected chi connectivity index (χ4v) is 6.91. The summed E-state index contributed by atoms with van der Waals surface area (Å²) in [7, 11) is -2.21. The fourth-order valence-electron chi connectivity index (χ4n) is 5.65. The van der Waals surface area contributed by atoms with Crippen LogP contribution in [0.3, 0.4) is 0 Å². The molecular weight excluding hydrogens is 545 g/mol. The second-order valence-corrected chi connectivity index (χ2v) is 18.9. The Morgan fingerprint density at radius 3 is 2.34 bits per heavy atom. The summed E-state index contributed by atoms with van der Waals surface area (Å²) in [6.07, 6.45) is -0.549. The predicted molar refractivity (Wildman–Crippen MR) is 158 cm³/mol. The van der Waals surface area contributed by atoms with E-state index in [1.807, 2.05) is 13.8 Å². The second kappa shape index (κ2) is 11.2. The van der Waals surface area contributed by atoms with Gasteiger partial charge >= 0.3 is 6.18 Å². The second-order valence-electron chi connectivity index (χ2n) is 14.1. The van der Waals surface area contributed by atoms with Gasteiger partial charge in [-0.2, -0.15) is 13.2 Å². The van der Waals surface area contributed by atoms with Crippen LogP contribution < -0.4 is 0 Å². The van der Waals surface area contributed by atoms with Crippen molar-refractivity contribution in [2.75, 3.05) is 13.2 Å². The Bertz CT molecular complexity index is 1300. The van der Waals surface area contributed by atoms with E-state index in [2.05, 4.69) is 58.8 Å². The first-order chi connectivity index (χ1) is 18.8. The quantitative estimate of drug-likeness (QED) is 0.342. The zero-order valence-electron chi connectivity index (χ0n) is 25.9. The number of aliphatic hydroxyl groups excluding tert-OH is 1. The molecule has 0 amide bonds. The highest BCUT2D eigenvalue weighted by molar-refractivity contribution is 6.74. The van der Waals surface area contributed by atoms with Crippen LogP contribution in [0.2, 0.25) is 18.1 Å². The van der Waals surface area contributed by atoms with Crippen molar-refractivity contribution in [1.82, 2.24) is 9.97 Å².